The van der Waals surface area contributed by atoms with Crippen molar-refractivity contribution in [3.8, 4) is 0 Å². The third-order valence-electron chi connectivity index (χ3n) is 4.10. The van der Waals surface area contributed by atoms with E-state index in [0.717, 1.165) is 0 Å². The summed E-state index contributed by atoms with van der Waals surface area (Å²) in [6.07, 6.45) is -1.51. The molecule has 4 rings (SSSR count). The molecular weight excluding hydrogens is 401 g/mol. The number of imidazole rings is 1. The molecule has 5 atom stereocenters. The summed E-state index contributed by atoms with van der Waals surface area (Å²) in [6.45, 7) is -1.50. The first kappa shape index (κ1) is 18.6. The van der Waals surface area contributed by atoms with Crippen molar-refractivity contribution in [2.75, 3.05) is 18.5 Å². The molecule has 146 valence electrons. The molecule has 14 heteroatoms. The van der Waals surface area contributed by atoms with E-state index in [4.69, 9.17) is 30.3 Å². The van der Waals surface area contributed by atoms with Crippen molar-refractivity contribution in [3.63, 3.8) is 0 Å². The van der Waals surface area contributed by atoms with Crippen LogP contribution in [0.1, 0.15) is 13.2 Å². The SMILES string of the molecule is CCOC(=O)Nc1ncnc2c1ncn2[C@@H]1O[C@@H]2COP(O)(=S)O[C@H]2[C@H]1O. The van der Waals surface area contributed by atoms with Crippen LogP contribution in [0.15, 0.2) is 12.7 Å². The van der Waals surface area contributed by atoms with Gasteiger partial charge in [0.2, 0.25) is 0 Å². The van der Waals surface area contributed by atoms with Crippen LogP contribution < -0.4 is 5.32 Å². The van der Waals surface area contributed by atoms with E-state index in [1.165, 1.54) is 17.2 Å². The van der Waals surface area contributed by atoms with Gasteiger partial charge >= 0.3 is 12.8 Å². The molecule has 0 bridgehead atoms. The molecule has 1 unspecified atom stereocenters. The van der Waals surface area contributed by atoms with Crippen LogP contribution in [-0.2, 0) is 30.3 Å². The van der Waals surface area contributed by atoms with Crippen molar-refractivity contribution in [2.24, 2.45) is 0 Å². The first-order valence-electron chi connectivity index (χ1n) is 8.00. The predicted octanol–water partition coefficient (Wildman–Crippen LogP) is 0.285. The number of nitrogens with one attached hydrogen (secondary N) is 1. The van der Waals surface area contributed by atoms with Gasteiger partial charge in [-0.2, -0.15) is 0 Å². The van der Waals surface area contributed by atoms with Crippen molar-refractivity contribution in [2.45, 2.75) is 31.5 Å². The van der Waals surface area contributed by atoms with Gasteiger partial charge in [-0.1, -0.05) is 0 Å². The van der Waals surface area contributed by atoms with Crippen LogP contribution in [0.2, 0.25) is 0 Å². The maximum Gasteiger partial charge on any atom is 0.412 e. The lowest BCUT2D eigenvalue weighted by Gasteiger charge is -2.30. The molecule has 0 spiro atoms. The Bertz CT molecular complexity index is 926. The van der Waals surface area contributed by atoms with Gasteiger partial charge in [-0.15, -0.1) is 0 Å². The van der Waals surface area contributed by atoms with Crippen LogP contribution in [-0.4, -0.2) is 67.1 Å². The summed E-state index contributed by atoms with van der Waals surface area (Å²) in [7, 11) is 0. The highest BCUT2D eigenvalue weighted by Gasteiger charge is 2.51. The van der Waals surface area contributed by atoms with E-state index < -0.39 is 37.4 Å². The molecule has 3 N–H and O–H groups in total. The number of carbonyl (C=O) groups excluding carboxylic acids is 1. The fourth-order valence-corrected chi connectivity index (χ4v) is 4.40. The Morgan fingerprint density at radius 1 is 1.52 bits per heavy atom. The Labute approximate surface area is 157 Å². The number of hydrogen-bond acceptors (Lipinski definition) is 10. The first-order chi connectivity index (χ1) is 12.9. The fraction of sp³-hybridized carbons (Fsp3) is 0.538. The van der Waals surface area contributed by atoms with Gasteiger partial charge in [-0.3, -0.25) is 14.4 Å². The third kappa shape index (κ3) is 3.43. The number of ether oxygens (including phenoxy) is 2. The van der Waals surface area contributed by atoms with Crippen LogP contribution >= 0.6 is 6.72 Å². The van der Waals surface area contributed by atoms with E-state index in [9.17, 15) is 14.8 Å². The molecule has 2 aromatic heterocycles. The highest BCUT2D eigenvalue weighted by Crippen LogP contribution is 2.52. The molecule has 2 saturated heterocycles. The lowest BCUT2D eigenvalue weighted by molar-refractivity contribution is -0.0593. The van der Waals surface area contributed by atoms with E-state index in [1.807, 2.05) is 0 Å². The molecule has 0 aromatic carbocycles. The molecule has 2 aliphatic rings. The normalized spacial score (nSPS) is 33.0. The van der Waals surface area contributed by atoms with E-state index in [-0.39, 0.29) is 19.0 Å². The Hall–Kier alpha value is -1.73. The molecule has 0 radical (unpaired) electrons. The van der Waals surface area contributed by atoms with Crippen molar-refractivity contribution in [1.82, 2.24) is 19.5 Å². The second-order valence-electron chi connectivity index (χ2n) is 5.78. The summed E-state index contributed by atoms with van der Waals surface area (Å²) < 4.78 is 22.5. The molecular formula is C13H16N5O7PS. The number of fused-ring (bicyclic) bond motifs is 2. The minimum absolute atomic E-state index is 0.00326. The Kier molecular flexibility index (Phi) is 4.84. The maximum atomic E-state index is 11.6. The molecule has 27 heavy (non-hydrogen) atoms. The smallest absolute Gasteiger partial charge is 0.412 e. The monoisotopic (exact) mass is 417 g/mol. The lowest BCUT2D eigenvalue weighted by atomic mass is 10.1. The highest BCUT2D eigenvalue weighted by atomic mass is 32.5. The van der Waals surface area contributed by atoms with Crippen LogP contribution in [0.5, 0.6) is 0 Å². The lowest BCUT2D eigenvalue weighted by Crippen LogP contribution is -2.39. The van der Waals surface area contributed by atoms with Gasteiger partial charge in [0.25, 0.3) is 0 Å². The zero-order valence-corrected chi connectivity index (χ0v) is 15.7. The van der Waals surface area contributed by atoms with Gasteiger partial charge in [0, 0.05) is 0 Å². The summed E-state index contributed by atoms with van der Waals surface area (Å²) in [6, 6.07) is 0. The Balaban J connectivity index is 1.63. The van der Waals surface area contributed by atoms with Crippen molar-refractivity contribution < 1.29 is 33.3 Å². The van der Waals surface area contributed by atoms with Crippen molar-refractivity contribution in [3.05, 3.63) is 12.7 Å². The minimum atomic E-state index is -3.39. The van der Waals surface area contributed by atoms with Crippen LogP contribution in [0.4, 0.5) is 10.6 Å². The van der Waals surface area contributed by atoms with E-state index in [1.54, 1.807) is 6.92 Å². The van der Waals surface area contributed by atoms with Crippen LogP contribution in [0, 0.1) is 0 Å². The molecule has 2 aromatic rings. The van der Waals surface area contributed by atoms with Gasteiger partial charge in [-0.05, 0) is 18.7 Å². The molecule has 4 heterocycles. The third-order valence-corrected chi connectivity index (χ3v) is 5.65. The van der Waals surface area contributed by atoms with Gasteiger partial charge in [0.1, 0.15) is 24.6 Å². The molecule has 1 amide bonds. The largest absolute Gasteiger partial charge is 0.450 e. The van der Waals surface area contributed by atoms with E-state index >= 15 is 0 Å². The number of carbonyl (C=O) groups is 1. The average molecular weight is 417 g/mol. The van der Waals surface area contributed by atoms with Crippen LogP contribution in [0.3, 0.4) is 0 Å². The number of aliphatic hydroxyl groups excluding tert-OH is 1. The number of aliphatic hydroxyl groups is 1. The summed E-state index contributed by atoms with van der Waals surface area (Å²) in [5.74, 6) is 0.160. The topological polar surface area (TPSA) is 150 Å². The number of rotatable bonds is 3. The van der Waals surface area contributed by atoms with Crippen molar-refractivity contribution >= 4 is 41.6 Å². The van der Waals surface area contributed by atoms with Gasteiger partial charge < -0.3 is 24.0 Å². The number of aromatic nitrogens is 4. The van der Waals surface area contributed by atoms with Gasteiger partial charge in [-0.25, -0.2) is 19.7 Å². The quantitative estimate of drug-likeness (QED) is 0.591. The second-order valence-corrected chi connectivity index (χ2v) is 8.57. The summed E-state index contributed by atoms with van der Waals surface area (Å²) in [5.41, 5.74) is 0.615. The zero-order chi connectivity index (χ0) is 19.2. The summed E-state index contributed by atoms with van der Waals surface area (Å²) in [4.78, 5) is 33.8. The predicted molar refractivity (Wildman–Crippen MR) is 93.2 cm³/mol. The maximum absolute atomic E-state index is 11.6. The summed E-state index contributed by atoms with van der Waals surface area (Å²) >= 11 is 4.83. The first-order valence-corrected chi connectivity index (χ1v) is 10.6. The number of hydrogen-bond donors (Lipinski definition) is 3. The number of nitrogens with zero attached hydrogens (tertiary/aromatic N) is 4. The molecule has 2 fully saturated rings. The average Bonchev–Trinajstić information content (AvgIpc) is 3.17. The molecule has 2 aliphatic heterocycles. The Morgan fingerprint density at radius 3 is 3.11 bits per heavy atom. The standard InChI is InChI=1S/C13H16N5O7PS/c1-2-22-13(20)17-10-7-11(15-4-14-10)18(5-16-7)12-8(19)9-6(24-12)3-23-26(21,27)25-9/h4-6,8-9,12,19H,2-3H2,1H3,(H,21,27)(H,14,15,17,20)/t6-,8-,9-,12-,26?/m1/s1. The Morgan fingerprint density at radius 2 is 2.33 bits per heavy atom. The van der Waals surface area contributed by atoms with E-state index in [0.29, 0.717) is 11.2 Å². The fourth-order valence-electron chi connectivity index (χ4n) is 2.96. The van der Waals surface area contributed by atoms with Crippen molar-refractivity contribution in [1.29, 1.82) is 0 Å². The molecule has 12 nitrogen and oxygen atoms in total. The molecule has 0 aliphatic carbocycles. The van der Waals surface area contributed by atoms with E-state index in [2.05, 4.69) is 20.3 Å². The number of amides is 1. The summed E-state index contributed by atoms with van der Waals surface area (Å²) in [5, 5.41) is 13.1. The van der Waals surface area contributed by atoms with Gasteiger partial charge in [0.05, 0.1) is 19.5 Å². The van der Waals surface area contributed by atoms with Crippen LogP contribution in [0.25, 0.3) is 11.2 Å². The zero-order valence-electron chi connectivity index (χ0n) is 14.0. The minimum Gasteiger partial charge on any atom is -0.450 e. The molecule has 0 saturated carbocycles. The van der Waals surface area contributed by atoms with Gasteiger partial charge in [0.15, 0.2) is 23.2 Å². The number of anilines is 1. The second kappa shape index (κ2) is 7.02. The highest BCUT2D eigenvalue weighted by molar-refractivity contribution is 8.07.